The SMILES string of the molecule is C=C(OCC)c1cc(Cl)ccc1-n1cnnn1. The number of hydrogen-bond donors (Lipinski definition) is 0. The third kappa shape index (κ3) is 2.45. The van der Waals surface area contributed by atoms with Gasteiger partial charge >= 0.3 is 0 Å². The first-order chi connectivity index (χ1) is 8.22. The fraction of sp³-hybridized carbons (Fsp3) is 0.182. The van der Waals surface area contributed by atoms with Gasteiger partial charge in [-0.1, -0.05) is 18.2 Å². The summed E-state index contributed by atoms with van der Waals surface area (Å²) in [6.45, 7) is 6.30. The molecule has 5 nitrogen and oxygen atoms in total. The van der Waals surface area contributed by atoms with Crippen LogP contribution in [0.15, 0.2) is 31.1 Å². The average molecular weight is 251 g/mol. The van der Waals surface area contributed by atoms with Crippen LogP contribution in [-0.4, -0.2) is 26.8 Å². The molecule has 0 fully saturated rings. The predicted molar refractivity (Wildman–Crippen MR) is 64.8 cm³/mol. The third-order valence-corrected chi connectivity index (χ3v) is 2.41. The molecule has 6 heteroatoms. The van der Waals surface area contributed by atoms with Crippen LogP contribution in [-0.2, 0) is 4.74 Å². The van der Waals surface area contributed by atoms with Crippen molar-refractivity contribution < 1.29 is 4.74 Å². The molecule has 0 unspecified atom stereocenters. The highest BCUT2D eigenvalue weighted by Crippen LogP contribution is 2.25. The molecule has 0 aliphatic heterocycles. The maximum absolute atomic E-state index is 5.96. The van der Waals surface area contributed by atoms with Crippen LogP contribution in [0.5, 0.6) is 0 Å². The number of ether oxygens (including phenoxy) is 1. The molecule has 0 aliphatic rings. The summed E-state index contributed by atoms with van der Waals surface area (Å²) in [5.74, 6) is 0.542. The maximum atomic E-state index is 5.96. The van der Waals surface area contributed by atoms with Crippen LogP contribution in [0.4, 0.5) is 0 Å². The van der Waals surface area contributed by atoms with Crippen LogP contribution in [0, 0.1) is 0 Å². The summed E-state index contributed by atoms with van der Waals surface area (Å²) in [5.41, 5.74) is 1.55. The van der Waals surface area contributed by atoms with Crippen LogP contribution >= 0.6 is 11.6 Å². The largest absolute Gasteiger partial charge is 0.494 e. The lowest BCUT2D eigenvalue weighted by Gasteiger charge is -2.11. The van der Waals surface area contributed by atoms with Gasteiger partial charge in [0, 0.05) is 10.6 Å². The van der Waals surface area contributed by atoms with Crippen molar-refractivity contribution in [2.75, 3.05) is 6.61 Å². The second kappa shape index (κ2) is 4.97. The van der Waals surface area contributed by atoms with Gasteiger partial charge in [-0.15, -0.1) is 5.10 Å². The zero-order chi connectivity index (χ0) is 12.3. The molecule has 0 spiro atoms. The van der Waals surface area contributed by atoms with Crippen molar-refractivity contribution >= 4 is 17.4 Å². The Bertz CT molecular complexity index is 524. The average Bonchev–Trinajstić information content (AvgIpc) is 2.82. The van der Waals surface area contributed by atoms with E-state index < -0.39 is 0 Å². The number of aromatic nitrogens is 4. The van der Waals surface area contributed by atoms with Gasteiger partial charge in [-0.25, -0.2) is 0 Å². The van der Waals surface area contributed by atoms with E-state index in [-0.39, 0.29) is 0 Å². The zero-order valence-electron chi connectivity index (χ0n) is 9.30. The quantitative estimate of drug-likeness (QED) is 0.782. The molecular weight excluding hydrogens is 240 g/mol. The van der Waals surface area contributed by atoms with E-state index >= 15 is 0 Å². The molecule has 1 aromatic carbocycles. The Labute approximate surface area is 104 Å². The summed E-state index contributed by atoms with van der Waals surface area (Å²) in [5, 5.41) is 11.6. The molecule has 0 saturated carbocycles. The van der Waals surface area contributed by atoms with E-state index in [1.54, 1.807) is 12.1 Å². The molecule has 88 valence electrons. The Morgan fingerprint density at radius 2 is 2.35 bits per heavy atom. The number of tetrazole rings is 1. The third-order valence-electron chi connectivity index (χ3n) is 2.17. The number of rotatable bonds is 4. The summed E-state index contributed by atoms with van der Waals surface area (Å²) in [6.07, 6.45) is 1.51. The maximum Gasteiger partial charge on any atom is 0.143 e. The second-order valence-electron chi connectivity index (χ2n) is 3.27. The first kappa shape index (κ1) is 11.6. The van der Waals surface area contributed by atoms with Crippen LogP contribution in [0.1, 0.15) is 12.5 Å². The highest BCUT2D eigenvalue weighted by atomic mass is 35.5. The van der Waals surface area contributed by atoms with E-state index in [0.29, 0.717) is 17.4 Å². The minimum atomic E-state index is 0.542. The van der Waals surface area contributed by atoms with Gasteiger partial charge in [0.15, 0.2) is 0 Å². The zero-order valence-corrected chi connectivity index (χ0v) is 10.1. The molecular formula is C11H11ClN4O. The van der Waals surface area contributed by atoms with Crippen molar-refractivity contribution in [2.45, 2.75) is 6.92 Å². The highest BCUT2D eigenvalue weighted by molar-refractivity contribution is 6.30. The minimum Gasteiger partial charge on any atom is -0.494 e. The van der Waals surface area contributed by atoms with Gasteiger partial charge in [0.25, 0.3) is 0 Å². The molecule has 0 aliphatic carbocycles. The molecule has 2 rings (SSSR count). The van der Waals surface area contributed by atoms with Crippen molar-refractivity contribution in [3.63, 3.8) is 0 Å². The molecule has 1 aromatic heterocycles. The standard InChI is InChI=1S/C11H11ClN4O/c1-3-17-8(2)10-6-9(12)4-5-11(10)16-7-13-14-15-16/h4-7H,2-3H2,1H3. The number of halogens is 1. The van der Waals surface area contributed by atoms with Crippen molar-refractivity contribution in [2.24, 2.45) is 0 Å². The van der Waals surface area contributed by atoms with Crippen LogP contribution in [0.2, 0.25) is 5.02 Å². The monoisotopic (exact) mass is 250 g/mol. The lowest BCUT2D eigenvalue weighted by atomic mass is 10.1. The smallest absolute Gasteiger partial charge is 0.143 e. The van der Waals surface area contributed by atoms with E-state index in [0.717, 1.165) is 11.3 Å². The summed E-state index contributed by atoms with van der Waals surface area (Å²) < 4.78 is 6.92. The molecule has 0 N–H and O–H groups in total. The topological polar surface area (TPSA) is 52.8 Å². The molecule has 2 aromatic rings. The van der Waals surface area contributed by atoms with E-state index in [1.807, 2.05) is 13.0 Å². The second-order valence-corrected chi connectivity index (χ2v) is 3.71. The summed E-state index contributed by atoms with van der Waals surface area (Å²) in [4.78, 5) is 0. The first-order valence-electron chi connectivity index (χ1n) is 5.07. The first-order valence-corrected chi connectivity index (χ1v) is 5.45. The Kier molecular flexibility index (Phi) is 3.39. The van der Waals surface area contributed by atoms with Gasteiger partial charge in [-0.2, -0.15) is 4.68 Å². The van der Waals surface area contributed by atoms with Gasteiger partial charge < -0.3 is 4.74 Å². The molecule has 0 atom stereocenters. The lowest BCUT2D eigenvalue weighted by molar-refractivity contribution is 0.299. The van der Waals surface area contributed by atoms with Gasteiger partial charge in [0.1, 0.15) is 12.1 Å². The predicted octanol–water partition coefficient (Wildman–Crippen LogP) is 2.32. The summed E-state index contributed by atoms with van der Waals surface area (Å²) in [6, 6.07) is 5.36. The Morgan fingerprint density at radius 3 is 3.00 bits per heavy atom. The molecule has 0 saturated heterocycles. The van der Waals surface area contributed by atoms with E-state index in [4.69, 9.17) is 16.3 Å². The summed E-state index contributed by atoms with van der Waals surface area (Å²) >= 11 is 5.96. The van der Waals surface area contributed by atoms with Crippen LogP contribution < -0.4 is 0 Å². The molecule has 0 radical (unpaired) electrons. The van der Waals surface area contributed by atoms with Crippen LogP contribution in [0.25, 0.3) is 11.4 Å². The normalized spacial score (nSPS) is 10.2. The molecule has 1 heterocycles. The van der Waals surface area contributed by atoms with E-state index in [9.17, 15) is 0 Å². The fourth-order valence-corrected chi connectivity index (χ4v) is 1.63. The van der Waals surface area contributed by atoms with Crippen LogP contribution in [0.3, 0.4) is 0 Å². The van der Waals surface area contributed by atoms with Crippen molar-refractivity contribution in [1.82, 2.24) is 20.2 Å². The van der Waals surface area contributed by atoms with Gasteiger partial charge in [0.2, 0.25) is 0 Å². The van der Waals surface area contributed by atoms with E-state index in [1.165, 1.54) is 11.0 Å². The van der Waals surface area contributed by atoms with Crippen molar-refractivity contribution in [1.29, 1.82) is 0 Å². The Hall–Kier alpha value is -1.88. The summed E-state index contributed by atoms with van der Waals surface area (Å²) in [7, 11) is 0. The molecule has 17 heavy (non-hydrogen) atoms. The van der Waals surface area contributed by atoms with Crippen molar-refractivity contribution in [3.8, 4) is 5.69 Å². The fourth-order valence-electron chi connectivity index (χ4n) is 1.46. The number of benzene rings is 1. The van der Waals surface area contributed by atoms with Crippen molar-refractivity contribution in [3.05, 3.63) is 41.7 Å². The number of hydrogen-bond acceptors (Lipinski definition) is 4. The Balaban J connectivity index is 2.48. The lowest BCUT2D eigenvalue weighted by Crippen LogP contribution is -2.01. The number of nitrogens with zero attached hydrogens (tertiary/aromatic N) is 4. The van der Waals surface area contributed by atoms with E-state index in [2.05, 4.69) is 22.1 Å². The molecule has 0 bridgehead atoms. The highest BCUT2D eigenvalue weighted by Gasteiger charge is 2.10. The van der Waals surface area contributed by atoms with Gasteiger partial charge in [0.05, 0.1) is 12.3 Å². The van der Waals surface area contributed by atoms with Gasteiger partial charge in [-0.3, -0.25) is 0 Å². The van der Waals surface area contributed by atoms with Gasteiger partial charge in [-0.05, 0) is 35.5 Å². The molecule has 0 amide bonds. The minimum absolute atomic E-state index is 0.542. The Morgan fingerprint density at radius 1 is 1.53 bits per heavy atom.